The second kappa shape index (κ2) is 9.32. The van der Waals surface area contributed by atoms with Gasteiger partial charge in [0.25, 0.3) is 5.91 Å². The van der Waals surface area contributed by atoms with E-state index in [2.05, 4.69) is 11.4 Å². The molecule has 1 saturated heterocycles. The van der Waals surface area contributed by atoms with Crippen molar-refractivity contribution in [3.8, 4) is 0 Å². The quantitative estimate of drug-likeness (QED) is 0.225. The van der Waals surface area contributed by atoms with E-state index in [4.69, 9.17) is 14.8 Å². The van der Waals surface area contributed by atoms with Gasteiger partial charge < -0.3 is 10.1 Å². The van der Waals surface area contributed by atoms with Crippen molar-refractivity contribution in [1.29, 1.82) is 0 Å². The lowest BCUT2D eigenvalue weighted by Gasteiger charge is -2.35. The summed E-state index contributed by atoms with van der Waals surface area (Å²) in [5.41, 5.74) is 6.28. The molecule has 1 aliphatic heterocycles. The summed E-state index contributed by atoms with van der Waals surface area (Å²) < 4.78 is 50.8. The average molecular weight is 506 g/mol. The predicted molar refractivity (Wildman–Crippen MR) is 126 cm³/mol. The van der Waals surface area contributed by atoms with Crippen LogP contribution in [0.2, 0.25) is 0 Å². The molecule has 2 amide bonds. The number of piperidine rings is 1. The standard InChI is InChI=1S/C21H23N4O7PS/c22-33(28,24-34(29,30)31)25-11-5-10-19(20(25)26)23-21(27)32-13-18-16-8-3-1-6-14(16)12-15-7-2-4-9-17(15)18/h1-4,6-9,12,19H,5,10-11,13H2,(H,23,27)(H3,22,24,28)(H,29,30,31)/t19-,33?/m0/s1. The van der Waals surface area contributed by atoms with E-state index in [0.717, 1.165) is 27.1 Å². The Labute approximate surface area is 195 Å². The topological polar surface area (TPSA) is 168 Å². The maximum atomic E-state index is 12.7. The SMILES string of the molecule is NP(=O)(NS(=O)(=O)O)N1CCC[C@H](NC(=O)OCc2c3ccccc3cc3ccccc23)C1=O. The molecule has 5 N–H and O–H groups in total. The summed E-state index contributed by atoms with van der Waals surface area (Å²) >= 11 is 0. The zero-order chi connectivity index (χ0) is 24.5. The van der Waals surface area contributed by atoms with Crippen molar-refractivity contribution in [2.75, 3.05) is 6.54 Å². The van der Waals surface area contributed by atoms with Gasteiger partial charge in [-0.15, -0.1) is 4.49 Å². The first-order valence-corrected chi connectivity index (χ1v) is 13.5. The normalized spacial score (nSPS) is 18.6. The third-order valence-electron chi connectivity index (χ3n) is 5.54. The van der Waals surface area contributed by atoms with Crippen molar-refractivity contribution in [2.24, 2.45) is 5.50 Å². The molecule has 3 aromatic carbocycles. The van der Waals surface area contributed by atoms with Gasteiger partial charge in [0.1, 0.15) is 12.6 Å². The molecule has 3 aromatic rings. The van der Waals surface area contributed by atoms with E-state index in [-0.39, 0.29) is 19.6 Å². The van der Waals surface area contributed by atoms with Crippen molar-refractivity contribution in [2.45, 2.75) is 25.5 Å². The highest BCUT2D eigenvalue weighted by Crippen LogP contribution is 2.40. The minimum atomic E-state index is -4.91. The largest absolute Gasteiger partial charge is 0.445 e. The zero-order valence-corrected chi connectivity index (χ0v) is 19.6. The fourth-order valence-electron chi connectivity index (χ4n) is 4.09. The Bertz CT molecular complexity index is 1380. The van der Waals surface area contributed by atoms with Crippen LogP contribution in [0, 0.1) is 0 Å². The van der Waals surface area contributed by atoms with E-state index >= 15 is 0 Å². The second-order valence-corrected chi connectivity index (χ2v) is 11.3. The molecule has 0 aliphatic carbocycles. The maximum Gasteiger partial charge on any atom is 0.408 e. The molecular weight excluding hydrogens is 483 g/mol. The first-order chi connectivity index (χ1) is 16.0. The molecule has 0 saturated carbocycles. The molecule has 0 spiro atoms. The third-order valence-corrected chi connectivity index (χ3v) is 8.63. The Morgan fingerprint density at radius 1 is 1.15 bits per heavy atom. The summed E-state index contributed by atoms with van der Waals surface area (Å²) in [5, 5.41) is 6.26. The molecule has 1 unspecified atom stereocenters. The van der Waals surface area contributed by atoms with Gasteiger partial charge in [-0.2, -0.15) is 8.42 Å². The highest BCUT2D eigenvalue weighted by atomic mass is 32.2. The van der Waals surface area contributed by atoms with Gasteiger partial charge in [0.15, 0.2) is 0 Å². The van der Waals surface area contributed by atoms with Crippen LogP contribution < -0.4 is 15.3 Å². The van der Waals surface area contributed by atoms with E-state index < -0.39 is 35.9 Å². The Morgan fingerprint density at radius 2 is 1.74 bits per heavy atom. The molecular formula is C21H23N4O7PS. The van der Waals surface area contributed by atoms with Gasteiger partial charge in [-0.1, -0.05) is 48.5 Å². The van der Waals surface area contributed by atoms with Crippen LogP contribution in [-0.2, 0) is 31.0 Å². The lowest BCUT2D eigenvalue weighted by atomic mass is 9.97. The molecule has 0 bridgehead atoms. The number of carbonyl (C=O) groups excluding carboxylic acids is 2. The number of alkyl carbamates (subject to hydrolysis) is 1. The number of nitrogens with zero attached hydrogens (tertiary/aromatic N) is 1. The van der Waals surface area contributed by atoms with E-state index in [1.165, 1.54) is 4.49 Å². The number of nitrogens with two attached hydrogens (primary N) is 1. The number of nitrogens with one attached hydrogen (secondary N) is 2. The minimum absolute atomic E-state index is 0.0575. The molecule has 11 nitrogen and oxygen atoms in total. The Kier molecular flexibility index (Phi) is 6.61. The molecule has 13 heteroatoms. The van der Waals surface area contributed by atoms with Gasteiger partial charge in [-0.05, 0) is 40.5 Å². The van der Waals surface area contributed by atoms with E-state index in [1.807, 2.05) is 48.5 Å². The van der Waals surface area contributed by atoms with Gasteiger partial charge in [-0.25, -0.2) is 4.79 Å². The van der Waals surface area contributed by atoms with Gasteiger partial charge in [0.2, 0.25) is 0 Å². The summed E-state index contributed by atoms with van der Waals surface area (Å²) in [6, 6.07) is 16.3. The summed E-state index contributed by atoms with van der Waals surface area (Å²) in [7, 11) is -9.36. The number of ether oxygens (including phenoxy) is 1. The first kappa shape index (κ1) is 24.1. The van der Waals surface area contributed by atoms with Gasteiger partial charge in [0.05, 0.1) is 0 Å². The summed E-state index contributed by atoms with van der Waals surface area (Å²) in [4.78, 5) is 25.2. The average Bonchev–Trinajstić information content (AvgIpc) is 2.76. The number of benzene rings is 3. The fourth-order valence-corrected chi connectivity index (χ4v) is 6.67. The lowest BCUT2D eigenvalue weighted by molar-refractivity contribution is -0.130. The van der Waals surface area contributed by atoms with Crippen LogP contribution in [0.1, 0.15) is 18.4 Å². The highest BCUT2D eigenvalue weighted by molar-refractivity contribution is 7.90. The number of amides is 2. The molecule has 1 aliphatic rings. The van der Waals surface area contributed by atoms with Crippen molar-refractivity contribution >= 4 is 51.4 Å². The second-order valence-electron chi connectivity index (χ2n) is 7.86. The maximum absolute atomic E-state index is 12.7. The van der Waals surface area contributed by atoms with Crippen LogP contribution in [0.25, 0.3) is 21.5 Å². The Morgan fingerprint density at radius 3 is 2.32 bits per heavy atom. The third kappa shape index (κ3) is 5.21. The van der Waals surface area contributed by atoms with Crippen LogP contribution in [0.5, 0.6) is 0 Å². The Balaban J connectivity index is 1.49. The number of rotatable bonds is 6. The lowest BCUT2D eigenvalue weighted by Crippen LogP contribution is -2.53. The molecule has 0 aromatic heterocycles. The summed E-state index contributed by atoms with van der Waals surface area (Å²) in [5.74, 6) is -0.846. The fraction of sp³-hybridized carbons (Fsp3) is 0.238. The number of hydrogen-bond acceptors (Lipinski definition) is 6. The van der Waals surface area contributed by atoms with Gasteiger partial charge in [0, 0.05) is 12.1 Å². The predicted octanol–water partition coefficient (Wildman–Crippen LogP) is 2.67. The van der Waals surface area contributed by atoms with Crippen LogP contribution in [-0.4, -0.2) is 42.2 Å². The molecule has 1 fully saturated rings. The molecule has 4 rings (SSSR count). The van der Waals surface area contributed by atoms with Gasteiger partial charge in [-0.3, -0.25) is 24.1 Å². The number of fused-ring (bicyclic) bond motifs is 2. The van der Waals surface area contributed by atoms with Crippen molar-refractivity contribution in [1.82, 2.24) is 14.5 Å². The Hall–Kier alpha value is -3.02. The van der Waals surface area contributed by atoms with Crippen LogP contribution >= 0.6 is 7.59 Å². The molecule has 180 valence electrons. The molecule has 34 heavy (non-hydrogen) atoms. The molecule has 1 heterocycles. The minimum Gasteiger partial charge on any atom is -0.445 e. The van der Waals surface area contributed by atoms with E-state index in [0.29, 0.717) is 11.1 Å². The van der Waals surface area contributed by atoms with Crippen molar-refractivity contribution in [3.63, 3.8) is 0 Å². The smallest absolute Gasteiger partial charge is 0.408 e. The first-order valence-electron chi connectivity index (χ1n) is 10.3. The van der Waals surface area contributed by atoms with Crippen LogP contribution in [0.4, 0.5) is 4.79 Å². The van der Waals surface area contributed by atoms with Crippen molar-refractivity contribution < 1.29 is 31.9 Å². The zero-order valence-electron chi connectivity index (χ0n) is 17.9. The highest BCUT2D eigenvalue weighted by Gasteiger charge is 2.40. The number of hydrogen-bond donors (Lipinski definition) is 4. The van der Waals surface area contributed by atoms with E-state index in [9.17, 15) is 22.6 Å². The van der Waals surface area contributed by atoms with Crippen LogP contribution in [0.15, 0.2) is 54.6 Å². The monoisotopic (exact) mass is 506 g/mol. The molecule has 0 radical (unpaired) electrons. The van der Waals surface area contributed by atoms with Gasteiger partial charge >= 0.3 is 24.0 Å². The summed E-state index contributed by atoms with van der Waals surface area (Å²) in [6.45, 7) is -0.164. The van der Waals surface area contributed by atoms with Crippen molar-refractivity contribution in [3.05, 3.63) is 60.2 Å². The number of carbonyl (C=O) groups is 2. The molecule has 2 atom stereocenters. The summed E-state index contributed by atoms with van der Waals surface area (Å²) in [6.07, 6.45) is -0.362. The van der Waals surface area contributed by atoms with E-state index in [1.54, 1.807) is 0 Å². The van der Waals surface area contributed by atoms with Crippen LogP contribution in [0.3, 0.4) is 0 Å².